The van der Waals surface area contributed by atoms with Crippen LogP contribution in [0, 0.1) is 23.2 Å². The van der Waals surface area contributed by atoms with Gasteiger partial charge in [-0.05, 0) is 24.2 Å². The zero-order valence-electron chi connectivity index (χ0n) is 11.4. The molecule has 0 aromatic heterocycles. The van der Waals surface area contributed by atoms with Gasteiger partial charge in [-0.25, -0.2) is 0 Å². The molecule has 0 aromatic rings. The molecular formula is C14H23NO3. The van der Waals surface area contributed by atoms with Crippen molar-refractivity contribution >= 4 is 11.9 Å². The summed E-state index contributed by atoms with van der Waals surface area (Å²) in [7, 11) is 0. The second-order valence-electron chi connectivity index (χ2n) is 6.49. The molecule has 18 heavy (non-hydrogen) atoms. The van der Waals surface area contributed by atoms with Crippen LogP contribution >= 0.6 is 0 Å². The number of hydrogen-bond acceptors (Lipinski definition) is 2. The number of carbonyl (C=O) groups excluding carboxylic acids is 1. The Kier molecular flexibility index (Phi) is 3.39. The average molecular weight is 253 g/mol. The summed E-state index contributed by atoms with van der Waals surface area (Å²) in [6, 6.07) is 0.233. The number of hydrogen-bond donors (Lipinski definition) is 2. The minimum absolute atomic E-state index is 0.0637. The van der Waals surface area contributed by atoms with E-state index in [-0.39, 0.29) is 17.9 Å². The molecule has 2 aliphatic rings. The first-order chi connectivity index (χ1) is 8.35. The molecule has 2 N–H and O–H groups in total. The van der Waals surface area contributed by atoms with Crippen LogP contribution in [-0.2, 0) is 9.59 Å². The van der Waals surface area contributed by atoms with Crippen LogP contribution in [-0.4, -0.2) is 23.0 Å². The Hall–Kier alpha value is -1.06. The molecule has 4 nitrogen and oxygen atoms in total. The molecule has 0 bridgehead atoms. The molecule has 0 heterocycles. The third kappa shape index (κ3) is 2.25. The molecule has 2 saturated carbocycles. The molecule has 0 aliphatic heterocycles. The van der Waals surface area contributed by atoms with E-state index < -0.39 is 17.3 Å². The molecule has 0 spiro atoms. The Bertz CT molecular complexity index is 364. The number of amides is 1. The summed E-state index contributed by atoms with van der Waals surface area (Å²) in [4.78, 5) is 23.2. The minimum atomic E-state index is -0.850. The van der Waals surface area contributed by atoms with Crippen LogP contribution in [0.3, 0.4) is 0 Å². The first kappa shape index (κ1) is 13.4. The maximum Gasteiger partial charge on any atom is 0.307 e. The summed E-state index contributed by atoms with van der Waals surface area (Å²) in [5.41, 5.74) is -0.395. The monoisotopic (exact) mass is 253 g/mol. The Morgan fingerprint density at radius 1 is 1.17 bits per heavy atom. The van der Waals surface area contributed by atoms with Crippen molar-refractivity contribution in [2.24, 2.45) is 23.2 Å². The number of nitrogens with one attached hydrogen (secondary N) is 1. The summed E-state index contributed by atoms with van der Waals surface area (Å²) < 4.78 is 0. The van der Waals surface area contributed by atoms with Crippen LogP contribution in [0.15, 0.2) is 0 Å². The lowest BCUT2D eigenvalue weighted by Gasteiger charge is -2.29. The Labute approximate surface area is 108 Å². The normalized spacial score (nSPS) is 37.9. The topological polar surface area (TPSA) is 66.4 Å². The molecule has 2 fully saturated rings. The van der Waals surface area contributed by atoms with Crippen LogP contribution < -0.4 is 5.32 Å². The van der Waals surface area contributed by atoms with Gasteiger partial charge in [0.1, 0.15) is 0 Å². The molecule has 4 heteroatoms. The van der Waals surface area contributed by atoms with E-state index in [4.69, 9.17) is 5.11 Å². The predicted octanol–water partition coefficient (Wildman–Crippen LogP) is 2.04. The summed E-state index contributed by atoms with van der Waals surface area (Å²) in [5.74, 6) is -1.28. The van der Waals surface area contributed by atoms with Gasteiger partial charge in [0, 0.05) is 6.04 Å². The molecule has 4 unspecified atom stereocenters. The highest BCUT2D eigenvalue weighted by Gasteiger charge is 2.66. The number of carbonyl (C=O) groups is 2. The number of aliphatic carboxylic acids is 1. The average Bonchev–Trinajstić information content (AvgIpc) is 2.85. The van der Waals surface area contributed by atoms with Gasteiger partial charge in [-0.15, -0.1) is 0 Å². The second kappa shape index (κ2) is 4.56. The van der Waals surface area contributed by atoms with Gasteiger partial charge in [-0.3, -0.25) is 9.59 Å². The van der Waals surface area contributed by atoms with Gasteiger partial charge >= 0.3 is 5.97 Å². The Balaban J connectivity index is 1.95. The van der Waals surface area contributed by atoms with E-state index in [0.29, 0.717) is 5.92 Å². The molecule has 0 saturated heterocycles. The van der Waals surface area contributed by atoms with Gasteiger partial charge in [-0.2, -0.15) is 0 Å². The van der Waals surface area contributed by atoms with Crippen LogP contribution in [0.25, 0.3) is 0 Å². The molecular weight excluding hydrogens is 230 g/mol. The second-order valence-corrected chi connectivity index (χ2v) is 6.49. The van der Waals surface area contributed by atoms with Crippen molar-refractivity contribution in [2.75, 3.05) is 0 Å². The van der Waals surface area contributed by atoms with Gasteiger partial charge in [0.15, 0.2) is 0 Å². The molecule has 2 aliphatic carbocycles. The summed E-state index contributed by atoms with van der Waals surface area (Å²) in [6.07, 6.45) is 4.57. The number of carboxylic acids is 1. The molecule has 102 valence electrons. The van der Waals surface area contributed by atoms with Gasteiger partial charge < -0.3 is 10.4 Å². The van der Waals surface area contributed by atoms with Gasteiger partial charge in [0.05, 0.1) is 11.8 Å². The fourth-order valence-electron chi connectivity index (χ4n) is 3.39. The maximum atomic E-state index is 12.2. The van der Waals surface area contributed by atoms with E-state index in [0.717, 1.165) is 19.3 Å². The number of carboxylic acid groups (broad SMARTS) is 1. The molecule has 0 aromatic carbocycles. The zero-order chi connectivity index (χ0) is 13.5. The highest BCUT2D eigenvalue weighted by atomic mass is 16.4. The summed E-state index contributed by atoms with van der Waals surface area (Å²) in [5, 5.41) is 12.2. The highest BCUT2D eigenvalue weighted by Crippen LogP contribution is 2.58. The maximum absolute atomic E-state index is 12.2. The van der Waals surface area contributed by atoms with Crippen molar-refractivity contribution in [3.8, 4) is 0 Å². The van der Waals surface area contributed by atoms with E-state index in [1.165, 1.54) is 6.42 Å². The van der Waals surface area contributed by atoms with Gasteiger partial charge in [-0.1, -0.05) is 33.6 Å². The first-order valence-corrected chi connectivity index (χ1v) is 6.89. The first-order valence-electron chi connectivity index (χ1n) is 6.89. The Morgan fingerprint density at radius 2 is 1.78 bits per heavy atom. The zero-order valence-corrected chi connectivity index (χ0v) is 11.4. The van der Waals surface area contributed by atoms with E-state index in [2.05, 4.69) is 12.2 Å². The van der Waals surface area contributed by atoms with Crippen molar-refractivity contribution in [1.82, 2.24) is 5.32 Å². The van der Waals surface area contributed by atoms with Crippen LogP contribution in [0.2, 0.25) is 0 Å². The molecule has 0 radical (unpaired) electrons. The molecule has 2 rings (SSSR count). The highest BCUT2D eigenvalue weighted by molar-refractivity contribution is 5.91. The van der Waals surface area contributed by atoms with Crippen LogP contribution in [0.4, 0.5) is 0 Å². The lowest BCUT2D eigenvalue weighted by molar-refractivity contribution is -0.140. The summed E-state index contributed by atoms with van der Waals surface area (Å²) >= 11 is 0. The largest absolute Gasteiger partial charge is 0.481 e. The predicted molar refractivity (Wildman–Crippen MR) is 68.0 cm³/mol. The quantitative estimate of drug-likeness (QED) is 0.809. The van der Waals surface area contributed by atoms with Crippen molar-refractivity contribution in [3.05, 3.63) is 0 Å². The van der Waals surface area contributed by atoms with Crippen molar-refractivity contribution in [3.63, 3.8) is 0 Å². The standard InChI is InChI=1S/C14H23NO3/c1-8-6-4-5-7-9(8)15-12(16)10-11(13(17)18)14(10,2)3/h8-11H,4-7H2,1-3H3,(H,15,16)(H,17,18). The SMILES string of the molecule is CC1CCCCC1NC(=O)C1C(C(=O)O)C1(C)C. The van der Waals surface area contributed by atoms with E-state index in [9.17, 15) is 9.59 Å². The third-order valence-electron chi connectivity index (χ3n) is 4.82. The van der Waals surface area contributed by atoms with Crippen molar-refractivity contribution in [1.29, 1.82) is 0 Å². The van der Waals surface area contributed by atoms with Crippen LogP contribution in [0.1, 0.15) is 46.5 Å². The van der Waals surface area contributed by atoms with Crippen molar-refractivity contribution in [2.45, 2.75) is 52.5 Å². The van der Waals surface area contributed by atoms with E-state index in [1.54, 1.807) is 0 Å². The fraction of sp³-hybridized carbons (Fsp3) is 0.857. The smallest absolute Gasteiger partial charge is 0.307 e. The van der Waals surface area contributed by atoms with Gasteiger partial charge in [0.25, 0.3) is 0 Å². The van der Waals surface area contributed by atoms with Gasteiger partial charge in [0.2, 0.25) is 5.91 Å². The third-order valence-corrected chi connectivity index (χ3v) is 4.82. The van der Waals surface area contributed by atoms with Crippen molar-refractivity contribution < 1.29 is 14.7 Å². The minimum Gasteiger partial charge on any atom is -0.481 e. The molecule has 4 atom stereocenters. The van der Waals surface area contributed by atoms with Crippen LogP contribution in [0.5, 0.6) is 0 Å². The fourth-order valence-corrected chi connectivity index (χ4v) is 3.39. The van der Waals surface area contributed by atoms with E-state index >= 15 is 0 Å². The summed E-state index contributed by atoms with van der Waals surface area (Å²) in [6.45, 7) is 5.89. The lowest BCUT2D eigenvalue weighted by atomic mass is 9.86. The van der Waals surface area contributed by atoms with E-state index in [1.807, 2.05) is 13.8 Å². The Morgan fingerprint density at radius 3 is 2.28 bits per heavy atom. The lowest BCUT2D eigenvalue weighted by Crippen LogP contribution is -2.42. The molecule has 1 amide bonds. The number of rotatable bonds is 3.